The number of carbonyl (C=O) groups is 1. The standard InChI is InChI=1S/C12H18N2OS/c1-2-7-14(9-5-6-9)12(15)11(13)10-4-3-8-16-10/h3-4,8-9,11H,2,5-7,13H2,1H3. The van der Waals surface area contributed by atoms with E-state index in [1.54, 1.807) is 11.3 Å². The van der Waals surface area contributed by atoms with E-state index >= 15 is 0 Å². The smallest absolute Gasteiger partial charge is 0.245 e. The van der Waals surface area contributed by atoms with Gasteiger partial charge in [-0.05, 0) is 30.7 Å². The van der Waals surface area contributed by atoms with E-state index in [-0.39, 0.29) is 5.91 Å². The second kappa shape index (κ2) is 4.97. The quantitative estimate of drug-likeness (QED) is 0.854. The SMILES string of the molecule is CCCN(C(=O)C(N)c1cccs1)C1CC1. The molecule has 0 aromatic carbocycles. The van der Waals surface area contributed by atoms with Gasteiger partial charge in [-0.15, -0.1) is 11.3 Å². The van der Waals surface area contributed by atoms with Crippen molar-refractivity contribution in [2.45, 2.75) is 38.3 Å². The first-order valence-corrected chi connectivity index (χ1v) is 6.71. The fourth-order valence-electron chi connectivity index (χ4n) is 1.87. The largest absolute Gasteiger partial charge is 0.338 e. The van der Waals surface area contributed by atoms with Crippen LogP contribution in [0.15, 0.2) is 17.5 Å². The van der Waals surface area contributed by atoms with Crippen LogP contribution in [-0.4, -0.2) is 23.4 Å². The Bertz CT molecular complexity index is 346. The summed E-state index contributed by atoms with van der Waals surface area (Å²) in [7, 11) is 0. The zero-order valence-corrected chi connectivity index (χ0v) is 10.4. The Morgan fingerprint density at radius 1 is 1.69 bits per heavy atom. The Balaban J connectivity index is 2.04. The molecule has 1 aromatic rings. The van der Waals surface area contributed by atoms with E-state index in [2.05, 4.69) is 6.92 Å². The topological polar surface area (TPSA) is 46.3 Å². The Hall–Kier alpha value is -0.870. The molecule has 1 fully saturated rings. The lowest BCUT2D eigenvalue weighted by Gasteiger charge is -2.24. The molecule has 1 atom stereocenters. The highest BCUT2D eigenvalue weighted by atomic mass is 32.1. The van der Waals surface area contributed by atoms with Gasteiger partial charge in [0, 0.05) is 17.5 Å². The summed E-state index contributed by atoms with van der Waals surface area (Å²) in [6, 6.07) is 3.87. The van der Waals surface area contributed by atoms with Crippen LogP contribution in [0.2, 0.25) is 0 Å². The number of rotatable bonds is 5. The van der Waals surface area contributed by atoms with Crippen LogP contribution in [0.3, 0.4) is 0 Å². The summed E-state index contributed by atoms with van der Waals surface area (Å²) >= 11 is 1.55. The molecule has 0 saturated heterocycles. The molecule has 2 N–H and O–H groups in total. The van der Waals surface area contributed by atoms with Crippen LogP contribution in [0.5, 0.6) is 0 Å². The Kier molecular flexibility index (Phi) is 3.61. The predicted molar refractivity (Wildman–Crippen MR) is 66.3 cm³/mol. The van der Waals surface area contributed by atoms with Crippen LogP contribution in [-0.2, 0) is 4.79 Å². The van der Waals surface area contributed by atoms with Gasteiger partial charge in [0.15, 0.2) is 0 Å². The number of amides is 1. The summed E-state index contributed by atoms with van der Waals surface area (Å²) in [6.07, 6.45) is 3.28. The molecule has 1 unspecified atom stereocenters. The summed E-state index contributed by atoms with van der Waals surface area (Å²) in [6.45, 7) is 2.93. The lowest BCUT2D eigenvalue weighted by Crippen LogP contribution is -2.40. The van der Waals surface area contributed by atoms with Crippen LogP contribution in [0.4, 0.5) is 0 Å². The normalized spacial score (nSPS) is 17.1. The molecule has 3 nitrogen and oxygen atoms in total. The average Bonchev–Trinajstić information content (AvgIpc) is 2.98. The zero-order chi connectivity index (χ0) is 11.5. The first kappa shape index (κ1) is 11.6. The Morgan fingerprint density at radius 3 is 2.94 bits per heavy atom. The van der Waals surface area contributed by atoms with Crippen molar-refractivity contribution in [2.75, 3.05) is 6.54 Å². The number of hydrogen-bond donors (Lipinski definition) is 1. The van der Waals surface area contributed by atoms with Gasteiger partial charge in [0.25, 0.3) is 0 Å². The second-order valence-electron chi connectivity index (χ2n) is 4.26. The summed E-state index contributed by atoms with van der Waals surface area (Å²) in [5, 5.41) is 1.96. The maximum absolute atomic E-state index is 12.2. The predicted octanol–water partition coefficient (Wildman–Crippen LogP) is 2.15. The average molecular weight is 238 g/mol. The van der Waals surface area contributed by atoms with Crippen LogP contribution >= 0.6 is 11.3 Å². The van der Waals surface area contributed by atoms with Gasteiger partial charge in [-0.1, -0.05) is 13.0 Å². The van der Waals surface area contributed by atoms with E-state index in [9.17, 15) is 4.79 Å². The van der Waals surface area contributed by atoms with E-state index in [1.807, 2.05) is 22.4 Å². The number of carbonyl (C=O) groups excluding carboxylic acids is 1. The maximum Gasteiger partial charge on any atom is 0.245 e. The molecular weight excluding hydrogens is 220 g/mol. The van der Waals surface area contributed by atoms with Gasteiger partial charge in [-0.3, -0.25) is 4.79 Å². The van der Waals surface area contributed by atoms with Gasteiger partial charge >= 0.3 is 0 Å². The van der Waals surface area contributed by atoms with Gasteiger partial charge in [-0.2, -0.15) is 0 Å². The maximum atomic E-state index is 12.2. The van der Waals surface area contributed by atoms with Crippen molar-refractivity contribution in [2.24, 2.45) is 5.73 Å². The molecule has 1 saturated carbocycles. The zero-order valence-electron chi connectivity index (χ0n) is 9.56. The molecule has 1 aromatic heterocycles. The van der Waals surface area contributed by atoms with Crippen LogP contribution < -0.4 is 5.73 Å². The summed E-state index contributed by atoms with van der Waals surface area (Å²) in [5.41, 5.74) is 6.00. The molecule has 16 heavy (non-hydrogen) atoms. The minimum atomic E-state index is -0.466. The van der Waals surface area contributed by atoms with Gasteiger partial charge in [0.05, 0.1) is 0 Å². The first-order chi connectivity index (χ1) is 7.74. The molecule has 0 bridgehead atoms. The lowest BCUT2D eigenvalue weighted by molar-refractivity contribution is -0.133. The van der Waals surface area contributed by atoms with Gasteiger partial charge < -0.3 is 10.6 Å². The molecule has 88 valence electrons. The van der Waals surface area contributed by atoms with Crippen molar-refractivity contribution >= 4 is 17.2 Å². The van der Waals surface area contributed by atoms with E-state index < -0.39 is 6.04 Å². The van der Waals surface area contributed by atoms with Crippen molar-refractivity contribution in [3.05, 3.63) is 22.4 Å². The molecule has 1 aliphatic rings. The van der Waals surface area contributed by atoms with Gasteiger partial charge in [0.1, 0.15) is 6.04 Å². The van der Waals surface area contributed by atoms with E-state index in [1.165, 1.54) is 0 Å². The molecule has 4 heteroatoms. The van der Waals surface area contributed by atoms with E-state index in [4.69, 9.17) is 5.73 Å². The molecule has 0 radical (unpaired) electrons. The van der Waals surface area contributed by atoms with E-state index in [0.29, 0.717) is 6.04 Å². The van der Waals surface area contributed by atoms with Crippen LogP contribution in [0.25, 0.3) is 0 Å². The number of nitrogens with two attached hydrogens (primary N) is 1. The highest BCUT2D eigenvalue weighted by molar-refractivity contribution is 7.10. The Morgan fingerprint density at radius 2 is 2.44 bits per heavy atom. The fourth-order valence-corrected chi connectivity index (χ4v) is 2.59. The van der Waals surface area contributed by atoms with Gasteiger partial charge in [0.2, 0.25) is 5.91 Å². The first-order valence-electron chi connectivity index (χ1n) is 5.83. The summed E-state index contributed by atoms with van der Waals surface area (Å²) < 4.78 is 0. The minimum absolute atomic E-state index is 0.0896. The third kappa shape index (κ3) is 2.44. The van der Waals surface area contributed by atoms with E-state index in [0.717, 1.165) is 30.7 Å². The monoisotopic (exact) mass is 238 g/mol. The van der Waals surface area contributed by atoms with Crippen molar-refractivity contribution in [1.29, 1.82) is 0 Å². The van der Waals surface area contributed by atoms with Crippen molar-refractivity contribution < 1.29 is 4.79 Å². The number of thiophene rings is 1. The summed E-state index contributed by atoms with van der Waals surface area (Å²) in [5.74, 6) is 0.0896. The molecule has 1 amide bonds. The molecular formula is C12H18N2OS. The van der Waals surface area contributed by atoms with Gasteiger partial charge in [-0.25, -0.2) is 0 Å². The molecule has 1 aliphatic carbocycles. The molecule has 0 spiro atoms. The molecule has 1 heterocycles. The summed E-state index contributed by atoms with van der Waals surface area (Å²) in [4.78, 5) is 15.1. The highest BCUT2D eigenvalue weighted by Gasteiger charge is 2.34. The van der Waals surface area contributed by atoms with Crippen molar-refractivity contribution in [3.8, 4) is 0 Å². The fraction of sp³-hybridized carbons (Fsp3) is 0.583. The number of hydrogen-bond acceptors (Lipinski definition) is 3. The number of nitrogens with zero attached hydrogens (tertiary/aromatic N) is 1. The third-order valence-electron chi connectivity index (χ3n) is 2.85. The van der Waals surface area contributed by atoms with Crippen molar-refractivity contribution in [3.63, 3.8) is 0 Å². The molecule has 2 rings (SSSR count). The Labute approximate surface area is 100 Å². The van der Waals surface area contributed by atoms with Crippen molar-refractivity contribution in [1.82, 2.24) is 4.90 Å². The molecule has 0 aliphatic heterocycles. The van der Waals surface area contributed by atoms with Crippen LogP contribution in [0.1, 0.15) is 37.1 Å². The minimum Gasteiger partial charge on any atom is -0.338 e. The second-order valence-corrected chi connectivity index (χ2v) is 5.24. The lowest BCUT2D eigenvalue weighted by atomic mass is 10.2. The van der Waals surface area contributed by atoms with Crippen LogP contribution in [0, 0.1) is 0 Å². The highest BCUT2D eigenvalue weighted by Crippen LogP contribution is 2.29. The third-order valence-corrected chi connectivity index (χ3v) is 3.81.